The van der Waals surface area contributed by atoms with E-state index in [-0.39, 0.29) is 5.82 Å². The van der Waals surface area contributed by atoms with Crippen LogP contribution in [0.1, 0.15) is 23.0 Å². The number of carbonyl (C=O) groups is 1. The Morgan fingerprint density at radius 1 is 1.44 bits per heavy atom. The van der Waals surface area contributed by atoms with E-state index in [1.54, 1.807) is 26.0 Å². The molecular weight excluding hydrogens is 209 g/mol. The number of H-pyrrole nitrogens is 1. The van der Waals surface area contributed by atoms with E-state index < -0.39 is 5.97 Å². The highest BCUT2D eigenvalue weighted by atomic mass is 19.1. The number of halogens is 1. The molecule has 84 valence electrons. The summed E-state index contributed by atoms with van der Waals surface area (Å²) in [6.45, 7) is 3.74. The zero-order valence-corrected chi connectivity index (χ0v) is 9.13. The standard InChI is InChI=1S/C12H12FNO2/c1-3-16-12(15)11-6-8-5-9(13)7(2)4-10(8)14-11/h4-6,14H,3H2,1-2H3. The number of nitrogens with one attached hydrogen (secondary N) is 1. The van der Waals surface area contributed by atoms with Crippen molar-refractivity contribution in [3.05, 3.63) is 35.3 Å². The van der Waals surface area contributed by atoms with Crippen LogP contribution in [0.4, 0.5) is 4.39 Å². The quantitative estimate of drug-likeness (QED) is 0.792. The average molecular weight is 221 g/mol. The molecule has 1 aromatic carbocycles. The van der Waals surface area contributed by atoms with E-state index in [0.717, 1.165) is 5.52 Å². The van der Waals surface area contributed by atoms with Crippen LogP contribution in [-0.4, -0.2) is 17.6 Å². The molecule has 1 aromatic heterocycles. The van der Waals surface area contributed by atoms with Crippen LogP contribution in [0.2, 0.25) is 0 Å². The summed E-state index contributed by atoms with van der Waals surface area (Å²) in [6, 6.07) is 4.67. The van der Waals surface area contributed by atoms with Crippen molar-refractivity contribution in [3.8, 4) is 0 Å². The lowest BCUT2D eigenvalue weighted by Crippen LogP contribution is -2.04. The average Bonchev–Trinajstić information content (AvgIpc) is 2.62. The Morgan fingerprint density at radius 2 is 2.19 bits per heavy atom. The van der Waals surface area contributed by atoms with Crippen molar-refractivity contribution in [1.29, 1.82) is 0 Å². The van der Waals surface area contributed by atoms with Crippen LogP contribution in [-0.2, 0) is 4.74 Å². The van der Waals surface area contributed by atoms with Crippen LogP contribution >= 0.6 is 0 Å². The Labute approximate surface area is 92.2 Å². The molecule has 0 bridgehead atoms. The molecule has 0 saturated carbocycles. The molecule has 0 amide bonds. The Balaban J connectivity index is 2.48. The van der Waals surface area contributed by atoms with Crippen LogP contribution in [0.5, 0.6) is 0 Å². The maximum absolute atomic E-state index is 13.3. The van der Waals surface area contributed by atoms with Gasteiger partial charge in [0.05, 0.1) is 6.61 Å². The molecule has 4 heteroatoms. The first-order valence-corrected chi connectivity index (χ1v) is 5.08. The third kappa shape index (κ3) is 1.78. The molecule has 0 aliphatic carbocycles. The van der Waals surface area contributed by atoms with Gasteiger partial charge in [-0.2, -0.15) is 0 Å². The van der Waals surface area contributed by atoms with Crippen molar-refractivity contribution < 1.29 is 13.9 Å². The van der Waals surface area contributed by atoms with E-state index in [4.69, 9.17) is 4.74 Å². The van der Waals surface area contributed by atoms with E-state index in [0.29, 0.717) is 23.3 Å². The van der Waals surface area contributed by atoms with Crippen LogP contribution in [0.25, 0.3) is 10.9 Å². The van der Waals surface area contributed by atoms with Gasteiger partial charge in [0.15, 0.2) is 0 Å². The third-order valence-electron chi connectivity index (χ3n) is 2.40. The second-order valence-electron chi connectivity index (χ2n) is 3.59. The number of aryl methyl sites for hydroxylation is 1. The highest BCUT2D eigenvalue weighted by Gasteiger charge is 2.11. The molecule has 0 radical (unpaired) electrons. The summed E-state index contributed by atoms with van der Waals surface area (Å²) >= 11 is 0. The van der Waals surface area contributed by atoms with Gasteiger partial charge in [-0.1, -0.05) is 0 Å². The number of hydrogen-bond donors (Lipinski definition) is 1. The zero-order valence-electron chi connectivity index (χ0n) is 9.13. The van der Waals surface area contributed by atoms with E-state index in [2.05, 4.69) is 4.98 Å². The van der Waals surface area contributed by atoms with Gasteiger partial charge in [-0.05, 0) is 37.6 Å². The van der Waals surface area contributed by atoms with Crippen molar-refractivity contribution in [2.45, 2.75) is 13.8 Å². The summed E-state index contributed by atoms with van der Waals surface area (Å²) < 4.78 is 18.1. The van der Waals surface area contributed by atoms with Crippen molar-refractivity contribution in [3.63, 3.8) is 0 Å². The molecule has 1 heterocycles. The molecule has 0 spiro atoms. The minimum atomic E-state index is -0.420. The monoisotopic (exact) mass is 221 g/mol. The summed E-state index contributed by atoms with van der Waals surface area (Å²) in [7, 11) is 0. The first-order chi connectivity index (χ1) is 7.61. The van der Waals surface area contributed by atoms with Crippen LogP contribution < -0.4 is 0 Å². The molecule has 0 fully saturated rings. The topological polar surface area (TPSA) is 42.1 Å². The van der Waals surface area contributed by atoms with Gasteiger partial charge in [0.2, 0.25) is 0 Å². The first-order valence-electron chi connectivity index (χ1n) is 5.08. The normalized spacial score (nSPS) is 10.7. The van der Waals surface area contributed by atoms with Crippen molar-refractivity contribution in [2.24, 2.45) is 0 Å². The molecule has 3 nitrogen and oxygen atoms in total. The van der Waals surface area contributed by atoms with E-state index in [9.17, 15) is 9.18 Å². The van der Waals surface area contributed by atoms with E-state index in [1.165, 1.54) is 6.07 Å². The lowest BCUT2D eigenvalue weighted by Gasteiger charge is -1.97. The van der Waals surface area contributed by atoms with Gasteiger partial charge in [-0.15, -0.1) is 0 Å². The van der Waals surface area contributed by atoms with Crippen molar-refractivity contribution in [1.82, 2.24) is 4.98 Å². The fourth-order valence-corrected chi connectivity index (χ4v) is 1.58. The van der Waals surface area contributed by atoms with Crippen molar-refractivity contribution >= 4 is 16.9 Å². The van der Waals surface area contributed by atoms with Gasteiger partial charge in [0.25, 0.3) is 0 Å². The Morgan fingerprint density at radius 3 is 2.88 bits per heavy atom. The molecule has 0 saturated heterocycles. The van der Waals surface area contributed by atoms with Crippen LogP contribution in [0.15, 0.2) is 18.2 Å². The number of aromatic amines is 1. The largest absolute Gasteiger partial charge is 0.461 e. The van der Waals surface area contributed by atoms with Gasteiger partial charge < -0.3 is 9.72 Å². The molecule has 0 atom stereocenters. The molecule has 1 N–H and O–H groups in total. The van der Waals surface area contributed by atoms with Gasteiger partial charge in [-0.25, -0.2) is 9.18 Å². The summed E-state index contributed by atoms with van der Waals surface area (Å²) in [5, 5.41) is 0.672. The minimum Gasteiger partial charge on any atom is -0.461 e. The number of benzene rings is 1. The molecule has 2 aromatic rings. The van der Waals surface area contributed by atoms with Gasteiger partial charge >= 0.3 is 5.97 Å². The van der Waals surface area contributed by atoms with Crippen molar-refractivity contribution in [2.75, 3.05) is 6.61 Å². The van der Waals surface area contributed by atoms with E-state index in [1.807, 2.05) is 0 Å². The number of aromatic nitrogens is 1. The Bertz CT molecular complexity index is 506. The Hall–Kier alpha value is -1.84. The smallest absolute Gasteiger partial charge is 0.354 e. The van der Waals surface area contributed by atoms with Gasteiger partial charge in [-0.3, -0.25) is 0 Å². The molecule has 0 aliphatic heterocycles. The Kier molecular flexibility index (Phi) is 2.64. The van der Waals surface area contributed by atoms with Crippen LogP contribution in [0, 0.1) is 12.7 Å². The molecule has 0 aliphatic rings. The van der Waals surface area contributed by atoms with Crippen LogP contribution in [0.3, 0.4) is 0 Å². The molecular formula is C12H12FNO2. The first kappa shape index (κ1) is 10.7. The number of carbonyl (C=O) groups excluding carboxylic acids is 1. The lowest BCUT2D eigenvalue weighted by atomic mass is 10.2. The lowest BCUT2D eigenvalue weighted by molar-refractivity contribution is 0.0520. The fourth-order valence-electron chi connectivity index (χ4n) is 1.58. The highest BCUT2D eigenvalue weighted by Crippen LogP contribution is 2.20. The fraction of sp³-hybridized carbons (Fsp3) is 0.250. The second-order valence-corrected chi connectivity index (χ2v) is 3.59. The summed E-state index contributed by atoms with van der Waals surface area (Å²) in [4.78, 5) is 14.3. The second kappa shape index (κ2) is 3.96. The SMILES string of the molecule is CCOC(=O)c1cc2cc(F)c(C)cc2[nH]1. The molecule has 16 heavy (non-hydrogen) atoms. The summed E-state index contributed by atoms with van der Waals surface area (Å²) in [5.74, 6) is -0.696. The van der Waals surface area contributed by atoms with E-state index >= 15 is 0 Å². The number of rotatable bonds is 2. The predicted octanol–water partition coefficient (Wildman–Crippen LogP) is 2.79. The number of esters is 1. The summed E-state index contributed by atoms with van der Waals surface area (Å²) in [5.41, 5.74) is 1.63. The molecule has 2 rings (SSSR count). The number of fused-ring (bicyclic) bond motifs is 1. The number of hydrogen-bond acceptors (Lipinski definition) is 2. The zero-order chi connectivity index (χ0) is 11.7. The maximum atomic E-state index is 13.3. The minimum absolute atomic E-state index is 0.276. The summed E-state index contributed by atoms with van der Waals surface area (Å²) in [6.07, 6.45) is 0. The van der Waals surface area contributed by atoms with Gasteiger partial charge in [0, 0.05) is 10.9 Å². The highest BCUT2D eigenvalue weighted by molar-refractivity contribution is 5.94. The maximum Gasteiger partial charge on any atom is 0.354 e. The molecule has 0 unspecified atom stereocenters. The predicted molar refractivity (Wildman–Crippen MR) is 59.0 cm³/mol. The van der Waals surface area contributed by atoms with Gasteiger partial charge in [0.1, 0.15) is 11.5 Å². The third-order valence-corrected chi connectivity index (χ3v) is 2.40. The number of ether oxygens (including phenoxy) is 1.